The molecular weight excluding hydrogens is 407 g/mol. The largest absolute Gasteiger partial charge is 0.444 e. The van der Waals surface area contributed by atoms with Gasteiger partial charge in [0.05, 0.1) is 0 Å². The molecule has 0 saturated carbocycles. The Bertz CT molecular complexity index is 865. The average Bonchev–Trinajstić information content (AvgIpc) is 3.17. The van der Waals surface area contributed by atoms with Crippen molar-refractivity contribution in [3.8, 4) is 0 Å². The van der Waals surface area contributed by atoms with Gasteiger partial charge in [0.2, 0.25) is 5.91 Å². The number of hydrogen-bond donors (Lipinski definition) is 1. The number of benzene rings is 2. The summed E-state index contributed by atoms with van der Waals surface area (Å²) in [5, 5.41) is 0. The van der Waals surface area contributed by atoms with E-state index >= 15 is 0 Å². The van der Waals surface area contributed by atoms with Crippen LogP contribution in [0, 0.1) is 5.82 Å². The van der Waals surface area contributed by atoms with Gasteiger partial charge in [-0.2, -0.15) is 0 Å². The van der Waals surface area contributed by atoms with Gasteiger partial charge in [-0.25, -0.2) is 9.18 Å². The molecule has 1 fully saturated rings. The molecule has 2 aromatic rings. The number of halogens is 1. The third kappa shape index (κ3) is 9.08. The van der Waals surface area contributed by atoms with E-state index < -0.39 is 11.7 Å². The molecule has 2 amide bonds. The fraction of sp³-hybridized carbons (Fsp3) is 0.462. The summed E-state index contributed by atoms with van der Waals surface area (Å²) in [6.45, 7) is 6.14. The number of likely N-dealkylation sites (tertiary alicyclic amines) is 1. The van der Waals surface area contributed by atoms with Crippen LogP contribution in [-0.4, -0.2) is 35.1 Å². The summed E-state index contributed by atoms with van der Waals surface area (Å²) in [6, 6.07) is 17.5. The summed E-state index contributed by atoms with van der Waals surface area (Å²) in [6.07, 6.45) is 4.19. The molecule has 0 aromatic heterocycles. The quantitative estimate of drug-likeness (QED) is 0.663. The molecule has 5 nitrogen and oxygen atoms in total. The molecule has 0 bridgehead atoms. The Kier molecular flexibility index (Phi) is 9.69. The van der Waals surface area contributed by atoms with Crippen LogP contribution in [0.1, 0.15) is 57.6 Å². The first-order valence-electron chi connectivity index (χ1n) is 11.2. The van der Waals surface area contributed by atoms with Crippen molar-refractivity contribution in [1.82, 2.24) is 4.90 Å². The second-order valence-corrected chi connectivity index (χ2v) is 9.05. The second kappa shape index (κ2) is 12.2. The van der Waals surface area contributed by atoms with Crippen molar-refractivity contribution in [2.45, 2.75) is 70.9 Å². The zero-order valence-electron chi connectivity index (χ0n) is 19.4. The molecule has 1 atom stereocenters. The summed E-state index contributed by atoms with van der Waals surface area (Å²) in [7, 11) is 0. The van der Waals surface area contributed by atoms with E-state index in [9.17, 15) is 14.0 Å². The maximum absolute atomic E-state index is 13.6. The number of nitrogens with two attached hydrogens (primary N) is 1. The van der Waals surface area contributed by atoms with Crippen LogP contribution in [-0.2, 0) is 22.4 Å². The lowest BCUT2D eigenvalue weighted by atomic mass is 10.0. The van der Waals surface area contributed by atoms with Crippen LogP contribution in [0.5, 0.6) is 0 Å². The Hall–Kier alpha value is -2.89. The second-order valence-electron chi connectivity index (χ2n) is 9.05. The number of primary amides is 1. The summed E-state index contributed by atoms with van der Waals surface area (Å²) < 4.78 is 18.2. The van der Waals surface area contributed by atoms with Crippen molar-refractivity contribution in [2.24, 2.45) is 5.73 Å². The van der Waals surface area contributed by atoms with Gasteiger partial charge in [0.1, 0.15) is 11.4 Å². The van der Waals surface area contributed by atoms with E-state index in [1.165, 1.54) is 11.6 Å². The monoisotopic (exact) mass is 442 g/mol. The van der Waals surface area contributed by atoms with E-state index in [2.05, 4.69) is 16.9 Å². The van der Waals surface area contributed by atoms with E-state index in [1.807, 2.05) is 29.2 Å². The molecule has 1 saturated heterocycles. The molecule has 174 valence electrons. The maximum atomic E-state index is 13.6. The van der Waals surface area contributed by atoms with Crippen LogP contribution in [0.2, 0.25) is 0 Å². The van der Waals surface area contributed by atoms with Gasteiger partial charge < -0.3 is 15.4 Å². The zero-order chi connectivity index (χ0) is 23.6. The summed E-state index contributed by atoms with van der Waals surface area (Å²) in [4.78, 5) is 24.6. The van der Waals surface area contributed by atoms with Gasteiger partial charge >= 0.3 is 6.09 Å². The molecule has 6 heteroatoms. The third-order valence-electron chi connectivity index (χ3n) is 5.21. The van der Waals surface area contributed by atoms with E-state index in [-0.39, 0.29) is 11.7 Å². The SMILES string of the molecule is CC(C)(C)OC(N)=O.O=C(CCCc1ccccc1F)N1CCCC1Cc1ccccc1. The van der Waals surface area contributed by atoms with Crippen LogP contribution < -0.4 is 5.73 Å². The number of ether oxygens (including phenoxy) is 1. The summed E-state index contributed by atoms with van der Waals surface area (Å²) in [5.74, 6) is 0.0397. The van der Waals surface area contributed by atoms with Crippen molar-refractivity contribution in [3.05, 3.63) is 71.5 Å². The summed E-state index contributed by atoms with van der Waals surface area (Å²) >= 11 is 0. The van der Waals surface area contributed by atoms with Crippen LogP contribution in [0.4, 0.5) is 9.18 Å². The van der Waals surface area contributed by atoms with Crippen LogP contribution in [0.25, 0.3) is 0 Å². The van der Waals surface area contributed by atoms with Gasteiger partial charge in [-0.3, -0.25) is 4.79 Å². The molecule has 1 heterocycles. The molecule has 1 unspecified atom stereocenters. The Balaban J connectivity index is 0.000000390. The molecule has 32 heavy (non-hydrogen) atoms. The molecule has 2 aromatic carbocycles. The van der Waals surface area contributed by atoms with Gasteiger partial charge in [-0.1, -0.05) is 48.5 Å². The fourth-order valence-electron chi connectivity index (χ4n) is 3.84. The lowest BCUT2D eigenvalue weighted by molar-refractivity contribution is -0.132. The van der Waals surface area contributed by atoms with Crippen molar-refractivity contribution >= 4 is 12.0 Å². The Morgan fingerprint density at radius 1 is 1.09 bits per heavy atom. The van der Waals surface area contributed by atoms with Crippen molar-refractivity contribution < 1.29 is 18.7 Å². The van der Waals surface area contributed by atoms with Crippen molar-refractivity contribution in [1.29, 1.82) is 0 Å². The third-order valence-corrected chi connectivity index (χ3v) is 5.21. The molecule has 1 aliphatic rings. The van der Waals surface area contributed by atoms with Crippen molar-refractivity contribution in [3.63, 3.8) is 0 Å². The first kappa shape index (κ1) is 25.4. The Labute approximate surface area is 190 Å². The van der Waals surface area contributed by atoms with Crippen LogP contribution >= 0.6 is 0 Å². The summed E-state index contributed by atoms with van der Waals surface area (Å²) in [5.41, 5.74) is 6.25. The van der Waals surface area contributed by atoms with Gasteiger partial charge in [0, 0.05) is 19.0 Å². The number of carbonyl (C=O) groups is 2. The first-order chi connectivity index (χ1) is 15.2. The van der Waals surface area contributed by atoms with E-state index in [0.717, 1.165) is 25.8 Å². The Morgan fingerprint density at radius 2 is 1.75 bits per heavy atom. The molecule has 0 radical (unpaired) electrons. The predicted octanol–water partition coefficient (Wildman–Crippen LogP) is 5.26. The Morgan fingerprint density at radius 3 is 2.34 bits per heavy atom. The topological polar surface area (TPSA) is 72.6 Å². The zero-order valence-corrected chi connectivity index (χ0v) is 19.4. The lowest BCUT2D eigenvalue weighted by Gasteiger charge is -2.25. The molecular formula is C26H35FN2O3. The highest BCUT2D eigenvalue weighted by Gasteiger charge is 2.28. The standard InChI is InChI=1S/C21H24FNO.C5H11NO2/c22-20-13-5-4-10-18(20)11-6-14-21(24)23-15-7-12-19(23)16-17-8-2-1-3-9-17;1-5(2,3)8-4(6)7/h1-5,8-10,13,19H,6-7,11-12,14-16H2;1-3H3,(H2,6,7). The number of nitrogens with zero attached hydrogens (tertiary/aromatic N) is 1. The predicted molar refractivity (Wildman–Crippen MR) is 125 cm³/mol. The minimum absolute atomic E-state index is 0.173. The van der Waals surface area contributed by atoms with Gasteiger partial charge in [0.15, 0.2) is 0 Å². The van der Waals surface area contributed by atoms with Gasteiger partial charge in [-0.15, -0.1) is 0 Å². The number of amides is 2. The highest BCUT2D eigenvalue weighted by molar-refractivity contribution is 5.76. The normalized spacial score (nSPS) is 15.6. The number of hydrogen-bond acceptors (Lipinski definition) is 3. The first-order valence-corrected chi connectivity index (χ1v) is 11.2. The minimum atomic E-state index is -0.725. The molecule has 0 aliphatic carbocycles. The van der Waals surface area contributed by atoms with Gasteiger partial charge in [0.25, 0.3) is 0 Å². The van der Waals surface area contributed by atoms with Crippen LogP contribution in [0.3, 0.4) is 0 Å². The molecule has 3 rings (SSSR count). The molecule has 2 N–H and O–H groups in total. The number of aryl methyl sites for hydroxylation is 1. The molecule has 1 aliphatic heterocycles. The van der Waals surface area contributed by atoms with E-state index in [1.54, 1.807) is 32.9 Å². The number of rotatable bonds is 6. The minimum Gasteiger partial charge on any atom is -0.444 e. The van der Waals surface area contributed by atoms with Crippen LogP contribution in [0.15, 0.2) is 54.6 Å². The highest BCUT2D eigenvalue weighted by atomic mass is 19.1. The van der Waals surface area contributed by atoms with E-state index in [0.29, 0.717) is 30.9 Å². The average molecular weight is 443 g/mol. The maximum Gasteiger partial charge on any atom is 0.405 e. The van der Waals surface area contributed by atoms with Crippen molar-refractivity contribution in [2.75, 3.05) is 6.54 Å². The number of carbonyl (C=O) groups excluding carboxylic acids is 2. The lowest BCUT2D eigenvalue weighted by Crippen LogP contribution is -2.36. The smallest absolute Gasteiger partial charge is 0.405 e. The van der Waals surface area contributed by atoms with Gasteiger partial charge in [-0.05, 0) is 70.1 Å². The van der Waals surface area contributed by atoms with E-state index in [4.69, 9.17) is 5.73 Å². The molecule has 0 spiro atoms. The fourth-order valence-corrected chi connectivity index (χ4v) is 3.84. The highest BCUT2D eigenvalue weighted by Crippen LogP contribution is 2.23.